The van der Waals surface area contributed by atoms with Gasteiger partial charge in [-0.3, -0.25) is 4.79 Å². The number of alkyl halides is 3. The third-order valence-electron chi connectivity index (χ3n) is 9.10. The number of likely N-dealkylation sites (N-methyl/N-ethyl adjacent to an activating group) is 1. The summed E-state index contributed by atoms with van der Waals surface area (Å²) in [5, 5.41) is 11.1. The summed E-state index contributed by atoms with van der Waals surface area (Å²) in [7, 11) is 2.05. The molecule has 44 heavy (non-hydrogen) atoms. The van der Waals surface area contributed by atoms with E-state index in [1.807, 2.05) is 4.90 Å². The number of hydrogen-bond donors (Lipinski definition) is 0. The third-order valence-corrected chi connectivity index (χ3v) is 9.10. The fourth-order valence-electron chi connectivity index (χ4n) is 6.76. The fourth-order valence-corrected chi connectivity index (χ4v) is 6.76. The van der Waals surface area contributed by atoms with E-state index in [1.165, 1.54) is 12.1 Å². The van der Waals surface area contributed by atoms with Crippen LogP contribution in [0.5, 0.6) is 5.88 Å². The smallest absolute Gasteiger partial charge is 0.417 e. The monoisotopic (exact) mass is 604 g/mol. The van der Waals surface area contributed by atoms with Crippen molar-refractivity contribution in [2.24, 2.45) is 0 Å². The molecular weight excluding hydrogens is 569 g/mol. The Hall–Kier alpha value is -4.30. The molecule has 2 fully saturated rings. The molecule has 1 atom stereocenters. The van der Waals surface area contributed by atoms with Crippen molar-refractivity contribution in [2.45, 2.75) is 38.0 Å². The fraction of sp³-hybridized carbons (Fsp3) is 0.424. The van der Waals surface area contributed by atoms with Crippen molar-refractivity contribution in [3.8, 4) is 11.9 Å². The van der Waals surface area contributed by atoms with Crippen LogP contribution in [0.15, 0.2) is 49.1 Å². The van der Waals surface area contributed by atoms with Crippen LogP contribution in [0.2, 0.25) is 0 Å². The molecule has 0 N–H and O–H groups in total. The van der Waals surface area contributed by atoms with E-state index in [9.17, 15) is 23.2 Å². The van der Waals surface area contributed by atoms with Gasteiger partial charge in [0.05, 0.1) is 23.5 Å². The van der Waals surface area contributed by atoms with Gasteiger partial charge in [0.25, 0.3) is 0 Å². The molecular formula is C33H35F3N6O2. The van der Waals surface area contributed by atoms with E-state index >= 15 is 0 Å². The minimum atomic E-state index is -4.50. The zero-order valence-electron chi connectivity index (χ0n) is 24.7. The highest BCUT2D eigenvalue weighted by Gasteiger charge is 2.36. The molecule has 3 aliphatic heterocycles. The van der Waals surface area contributed by atoms with Crippen LogP contribution in [-0.2, 0) is 23.9 Å². The number of fused-ring (bicyclic) bond motifs is 2. The Morgan fingerprint density at radius 1 is 1.11 bits per heavy atom. The van der Waals surface area contributed by atoms with Gasteiger partial charge in [0, 0.05) is 55.4 Å². The lowest BCUT2D eigenvalue weighted by Crippen LogP contribution is -2.49. The van der Waals surface area contributed by atoms with Crippen LogP contribution in [0.4, 0.5) is 24.5 Å². The summed E-state index contributed by atoms with van der Waals surface area (Å²) in [4.78, 5) is 25.1. The van der Waals surface area contributed by atoms with Gasteiger partial charge in [0.1, 0.15) is 18.2 Å². The standard InChI is InChI=1S/C33H35F3N6O2/c1-3-29(43)40-15-17-41(18-16-40)31-24-12-14-42(28-11-5-8-22-7-4-10-26(30(22)28)33(34,35)36)20-27(24)38-32(25(31)19-37)44-21-23-9-6-13-39(23)2/h3-5,7-8,10-11,23H,1,6,9,12-18,20-21H2,2H3/t23-/m0/s1. The first-order chi connectivity index (χ1) is 21.2. The molecule has 0 saturated carbocycles. The molecule has 0 bridgehead atoms. The summed E-state index contributed by atoms with van der Waals surface area (Å²) in [5.74, 6) is 0.123. The topological polar surface area (TPSA) is 75.9 Å². The maximum absolute atomic E-state index is 14.1. The van der Waals surface area contributed by atoms with Crippen LogP contribution >= 0.6 is 0 Å². The quantitative estimate of drug-likeness (QED) is 0.367. The number of halogens is 3. The van der Waals surface area contributed by atoms with E-state index in [4.69, 9.17) is 9.72 Å². The number of rotatable bonds is 6. The summed E-state index contributed by atoms with van der Waals surface area (Å²) in [6.07, 6.45) is -0.630. The summed E-state index contributed by atoms with van der Waals surface area (Å²) < 4.78 is 48.7. The third kappa shape index (κ3) is 5.54. The number of pyridine rings is 1. The van der Waals surface area contributed by atoms with Crippen LogP contribution in [0.25, 0.3) is 10.8 Å². The predicted octanol–water partition coefficient (Wildman–Crippen LogP) is 5.00. The van der Waals surface area contributed by atoms with Gasteiger partial charge in [-0.25, -0.2) is 4.98 Å². The molecule has 1 amide bonds. The van der Waals surface area contributed by atoms with Crippen LogP contribution in [0.1, 0.15) is 35.2 Å². The molecule has 8 nitrogen and oxygen atoms in total. The Morgan fingerprint density at radius 2 is 1.86 bits per heavy atom. The van der Waals surface area contributed by atoms with E-state index in [0.29, 0.717) is 68.1 Å². The number of ether oxygens (including phenoxy) is 1. The Balaban J connectivity index is 1.40. The van der Waals surface area contributed by atoms with Gasteiger partial charge in [-0.1, -0.05) is 30.8 Å². The molecule has 3 aromatic rings. The largest absolute Gasteiger partial charge is 0.475 e. The molecule has 0 spiro atoms. The van der Waals surface area contributed by atoms with E-state index in [2.05, 4.69) is 29.5 Å². The SMILES string of the molecule is C=CC(=O)N1CCN(c2c(C#N)c(OC[C@@H]3CCCN3C)nc3c2CCN(c2cccc4cccc(C(F)(F)F)c24)C3)CC1. The summed E-state index contributed by atoms with van der Waals surface area (Å²) >= 11 is 0. The van der Waals surface area contributed by atoms with Gasteiger partial charge in [-0.2, -0.15) is 18.4 Å². The average Bonchev–Trinajstić information content (AvgIpc) is 3.45. The lowest BCUT2D eigenvalue weighted by molar-refractivity contribution is -0.136. The molecule has 2 aromatic carbocycles. The lowest BCUT2D eigenvalue weighted by Gasteiger charge is -2.39. The molecule has 230 valence electrons. The second kappa shape index (κ2) is 12.0. The van der Waals surface area contributed by atoms with E-state index in [0.717, 1.165) is 36.7 Å². The van der Waals surface area contributed by atoms with Crippen LogP contribution < -0.4 is 14.5 Å². The molecule has 0 radical (unpaired) electrons. The Morgan fingerprint density at radius 3 is 2.52 bits per heavy atom. The number of aromatic nitrogens is 1. The number of amides is 1. The number of likely N-dealkylation sites (tertiary alicyclic amines) is 1. The van der Waals surface area contributed by atoms with Crippen molar-refractivity contribution < 1.29 is 22.7 Å². The highest BCUT2D eigenvalue weighted by atomic mass is 19.4. The second-order valence-electron chi connectivity index (χ2n) is 11.6. The summed E-state index contributed by atoms with van der Waals surface area (Å²) in [6, 6.07) is 12.0. The molecule has 3 aliphatic rings. The van der Waals surface area contributed by atoms with Crippen LogP contribution in [-0.4, -0.2) is 79.7 Å². The second-order valence-corrected chi connectivity index (χ2v) is 11.6. The Kier molecular flexibility index (Phi) is 8.12. The van der Waals surface area contributed by atoms with Gasteiger partial charge in [0.2, 0.25) is 11.8 Å². The molecule has 11 heteroatoms. The van der Waals surface area contributed by atoms with E-state index in [-0.39, 0.29) is 29.8 Å². The predicted molar refractivity (Wildman–Crippen MR) is 163 cm³/mol. The maximum atomic E-state index is 14.1. The van der Waals surface area contributed by atoms with Gasteiger partial charge >= 0.3 is 6.18 Å². The highest BCUT2D eigenvalue weighted by molar-refractivity contribution is 5.97. The van der Waals surface area contributed by atoms with Gasteiger partial charge in [0.15, 0.2) is 0 Å². The summed E-state index contributed by atoms with van der Waals surface area (Å²) in [6.45, 7) is 7.71. The number of hydrogen-bond acceptors (Lipinski definition) is 7. The van der Waals surface area contributed by atoms with Crippen LogP contribution in [0, 0.1) is 11.3 Å². The first-order valence-electron chi connectivity index (χ1n) is 15.0. The number of anilines is 2. The zero-order chi connectivity index (χ0) is 31.0. The highest BCUT2D eigenvalue weighted by Crippen LogP contribution is 2.42. The Bertz CT molecular complexity index is 1620. The van der Waals surface area contributed by atoms with Crippen molar-refractivity contribution in [3.05, 3.63) is 71.4 Å². The number of carbonyl (C=O) groups is 1. The number of carbonyl (C=O) groups excluding carboxylic acids is 1. The van der Waals surface area contributed by atoms with Crippen molar-refractivity contribution in [3.63, 3.8) is 0 Å². The normalized spacial score (nSPS) is 19.2. The number of piperazine rings is 1. The molecule has 1 aromatic heterocycles. The van der Waals surface area contributed by atoms with E-state index < -0.39 is 11.7 Å². The molecule has 6 rings (SSSR count). The molecule has 4 heterocycles. The zero-order valence-corrected chi connectivity index (χ0v) is 24.7. The molecule has 2 saturated heterocycles. The van der Waals surface area contributed by atoms with Crippen molar-refractivity contribution in [1.29, 1.82) is 5.26 Å². The molecule has 0 unspecified atom stereocenters. The maximum Gasteiger partial charge on any atom is 0.417 e. The van der Waals surface area contributed by atoms with Crippen molar-refractivity contribution in [1.82, 2.24) is 14.8 Å². The van der Waals surface area contributed by atoms with Gasteiger partial charge in [-0.05, 0) is 56.4 Å². The van der Waals surface area contributed by atoms with Crippen molar-refractivity contribution in [2.75, 3.05) is 62.7 Å². The average molecular weight is 605 g/mol. The number of nitrogens with zero attached hydrogens (tertiary/aromatic N) is 6. The lowest BCUT2D eigenvalue weighted by atomic mass is 9.96. The van der Waals surface area contributed by atoms with E-state index in [1.54, 1.807) is 29.2 Å². The molecule has 0 aliphatic carbocycles. The Labute approximate surface area is 254 Å². The van der Waals surface area contributed by atoms with Gasteiger partial charge < -0.3 is 24.3 Å². The van der Waals surface area contributed by atoms with Crippen LogP contribution in [0.3, 0.4) is 0 Å². The first-order valence-corrected chi connectivity index (χ1v) is 15.0. The van der Waals surface area contributed by atoms with Gasteiger partial charge in [-0.15, -0.1) is 0 Å². The first kappa shape index (κ1) is 29.8. The summed E-state index contributed by atoms with van der Waals surface area (Å²) in [5.41, 5.74) is 2.55. The van der Waals surface area contributed by atoms with Crippen molar-refractivity contribution >= 4 is 28.1 Å². The number of benzene rings is 2. The minimum absolute atomic E-state index is 0.129. The number of nitriles is 1. The minimum Gasteiger partial charge on any atom is -0.475 e.